The molecule has 2 rings (SSSR count). The molecule has 2 aliphatic rings. The molecule has 1 aliphatic heterocycles. The van der Waals surface area contributed by atoms with Crippen molar-refractivity contribution in [2.75, 3.05) is 13.1 Å². The molecule has 0 radical (unpaired) electrons. The number of nitrogens with zero attached hydrogens (tertiary/aromatic N) is 1. The van der Waals surface area contributed by atoms with Crippen molar-refractivity contribution in [3.8, 4) is 0 Å². The fourth-order valence-corrected chi connectivity index (χ4v) is 4.76. The molecule has 3 nitrogen and oxygen atoms in total. The lowest BCUT2D eigenvalue weighted by Crippen LogP contribution is -2.36. The lowest BCUT2D eigenvalue weighted by Gasteiger charge is -2.20. The number of sulfonamides is 1. The van der Waals surface area contributed by atoms with Crippen molar-refractivity contribution in [3.63, 3.8) is 0 Å². The van der Waals surface area contributed by atoms with Gasteiger partial charge < -0.3 is 0 Å². The number of hydrogen-bond acceptors (Lipinski definition) is 2. The fraction of sp³-hybridized carbons (Fsp3) is 1.00. The van der Waals surface area contributed by atoms with Crippen LogP contribution in [0.1, 0.15) is 32.1 Å². The first kappa shape index (κ1) is 10.7. The number of alkyl halides is 1. The summed E-state index contributed by atoms with van der Waals surface area (Å²) in [6.45, 7) is 1.13. The summed E-state index contributed by atoms with van der Waals surface area (Å²) in [6.07, 6.45) is 4.59. The highest BCUT2D eigenvalue weighted by atomic mass is 35.5. The van der Waals surface area contributed by atoms with Crippen LogP contribution >= 0.6 is 11.6 Å². The monoisotopic (exact) mass is 237 g/mol. The molecule has 1 atom stereocenters. The molecule has 0 N–H and O–H groups in total. The molecule has 1 heterocycles. The molecular weight excluding hydrogens is 222 g/mol. The average molecular weight is 238 g/mol. The third-order valence-electron chi connectivity index (χ3n) is 3.18. The van der Waals surface area contributed by atoms with Crippen LogP contribution in [0.5, 0.6) is 0 Å². The minimum absolute atomic E-state index is 0.0196. The molecule has 2 fully saturated rings. The first-order valence-corrected chi connectivity index (χ1v) is 7.17. The minimum atomic E-state index is -3.02. The van der Waals surface area contributed by atoms with E-state index in [1.807, 2.05) is 0 Å². The van der Waals surface area contributed by atoms with Gasteiger partial charge in [-0.1, -0.05) is 12.8 Å². The maximum Gasteiger partial charge on any atom is 0.217 e. The lowest BCUT2D eigenvalue weighted by molar-refractivity contribution is 0.465. The molecule has 0 spiro atoms. The van der Waals surface area contributed by atoms with Gasteiger partial charge >= 0.3 is 0 Å². The summed E-state index contributed by atoms with van der Waals surface area (Å²) in [4.78, 5) is 0. The highest BCUT2D eigenvalue weighted by Crippen LogP contribution is 2.29. The number of halogens is 1. The number of rotatable bonds is 2. The van der Waals surface area contributed by atoms with Crippen molar-refractivity contribution in [2.45, 2.75) is 42.7 Å². The molecule has 0 bridgehead atoms. The molecule has 0 aromatic rings. The summed E-state index contributed by atoms with van der Waals surface area (Å²) < 4.78 is 25.7. The highest BCUT2D eigenvalue weighted by Gasteiger charge is 2.37. The molecule has 14 heavy (non-hydrogen) atoms. The van der Waals surface area contributed by atoms with Crippen molar-refractivity contribution in [1.29, 1.82) is 0 Å². The molecule has 1 saturated carbocycles. The van der Waals surface area contributed by atoms with E-state index < -0.39 is 10.0 Å². The lowest BCUT2D eigenvalue weighted by atomic mass is 10.4. The Kier molecular flexibility index (Phi) is 3.05. The standard InChI is InChI=1S/C9H16ClNO2S/c10-8-5-6-11(7-8)14(12,13)9-3-1-2-4-9/h8-9H,1-7H2. The molecule has 82 valence electrons. The van der Waals surface area contributed by atoms with Crippen LogP contribution in [0.25, 0.3) is 0 Å². The maximum absolute atomic E-state index is 12.0. The Balaban J connectivity index is 2.07. The summed E-state index contributed by atoms with van der Waals surface area (Å²) in [5.74, 6) is 0. The van der Waals surface area contributed by atoms with Crippen LogP contribution in [0, 0.1) is 0 Å². The smallest absolute Gasteiger partial charge is 0.212 e. The second kappa shape index (κ2) is 3.99. The van der Waals surface area contributed by atoms with Crippen molar-refractivity contribution in [3.05, 3.63) is 0 Å². The van der Waals surface area contributed by atoms with Gasteiger partial charge in [0.15, 0.2) is 0 Å². The Bertz CT molecular complexity index is 298. The quantitative estimate of drug-likeness (QED) is 0.684. The van der Waals surface area contributed by atoms with E-state index in [1.54, 1.807) is 4.31 Å². The van der Waals surface area contributed by atoms with Gasteiger partial charge in [0.2, 0.25) is 10.0 Å². The molecule has 0 amide bonds. The van der Waals surface area contributed by atoms with Gasteiger partial charge in [0, 0.05) is 18.5 Å². The Morgan fingerprint density at radius 3 is 2.29 bits per heavy atom. The van der Waals surface area contributed by atoms with Crippen LogP contribution in [0.2, 0.25) is 0 Å². The zero-order chi connectivity index (χ0) is 10.2. The van der Waals surface area contributed by atoms with E-state index in [1.165, 1.54) is 0 Å². The van der Waals surface area contributed by atoms with Crippen molar-refractivity contribution < 1.29 is 8.42 Å². The van der Waals surface area contributed by atoms with Gasteiger partial charge in [0.25, 0.3) is 0 Å². The van der Waals surface area contributed by atoms with E-state index in [9.17, 15) is 8.42 Å². The Labute approximate surface area is 90.5 Å². The first-order valence-electron chi connectivity index (χ1n) is 5.24. The van der Waals surface area contributed by atoms with Gasteiger partial charge in [-0.25, -0.2) is 12.7 Å². The van der Waals surface area contributed by atoms with Crippen molar-refractivity contribution in [2.24, 2.45) is 0 Å². The Hall–Kier alpha value is 0.200. The van der Waals surface area contributed by atoms with Crippen LogP contribution in [0.3, 0.4) is 0 Å². The summed E-state index contributed by atoms with van der Waals surface area (Å²) in [7, 11) is -3.02. The van der Waals surface area contributed by atoms with E-state index >= 15 is 0 Å². The summed E-state index contributed by atoms with van der Waals surface area (Å²) in [6, 6.07) is 0. The van der Waals surface area contributed by atoms with Crippen LogP contribution in [0.15, 0.2) is 0 Å². The third kappa shape index (κ3) is 1.92. The Morgan fingerprint density at radius 1 is 1.14 bits per heavy atom. The van der Waals surface area contributed by atoms with E-state index in [0.29, 0.717) is 13.1 Å². The summed E-state index contributed by atoms with van der Waals surface area (Å²) >= 11 is 5.91. The summed E-state index contributed by atoms with van der Waals surface area (Å²) in [5.41, 5.74) is 0. The molecule has 0 aromatic heterocycles. The normalized spacial score (nSPS) is 31.4. The second-order valence-corrected chi connectivity index (χ2v) is 7.03. The zero-order valence-electron chi connectivity index (χ0n) is 8.15. The van der Waals surface area contributed by atoms with E-state index in [4.69, 9.17) is 11.6 Å². The van der Waals surface area contributed by atoms with E-state index in [-0.39, 0.29) is 10.6 Å². The van der Waals surface area contributed by atoms with Crippen molar-refractivity contribution in [1.82, 2.24) is 4.31 Å². The van der Waals surface area contributed by atoms with Gasteiger partial charge in [0.1, 0.15) is 0 Å². The average Bonchev–Trinajstić information content (AvgIpc) is 2.72. The molecule has 5 heteroatoms. The fourth-order valence-electron chi connectivity index (χ4n) is 2.32. The molecule has 0 aromatic carbocycles. The van der Waals surface area contributed by atoms with Crippen LogP contribution in [0.4, 0.5) is 0 Å². The van der Waals surface area contributed by atoms with Crippen LogP contribution in [-0.2, 0) is 10.0 Å². The topological polar surface area (TPSA) is 37.4 Å². The largest absolute Gasteiger partial charge is 0.217 e. The molecule has 1 saturated heterocycles. The van der Waals surface area contributed by atoms with Crippen LogP contribution < -0.4 is 0 Å². The van der Waals surface area contributed by atoms with E-state index in [0.717, 1.165) is 32.1 Å². The van der Waals surface area contributed by atoms with E-state index in [2.05, 4.69) is 0 Å². The predicted molar refractivity (Wildman–Crippen MR) is 57.0 cm³/mol. The SMILES string of the molecule is O=S(=O)(C1CCCC1)N1CCC(Cl)C1. The maximum atomic E-state index is 12.0. The molecular formula is C9H16ClNO2S. The third-order valence-corrected chi connectivity index (χ3v) is 5.90. The first-order chi connectivity index (χ1) is 6.60. The highest BCUT2D eigenvalue weighted by molar-refractivity contribution is 7.89. The second-order valence-electron chi connectivity index (χ2n) is 4.20. The van der Waals surface area contributed by atoms with Gasteiger partial charge in [0.05, 0.1) is 5.25 Å². The van der Waals surface area contributed by atoms with Crippen molar-refractivity contribution >= 4 is 21.6 Å². The Morgan fingerprint density at radius 2 is 1.79 bits per heavy atom. The van der Waals surface area contributed by atoms with Gasteiger partial charge in [-0.2, -0.15) is 0 Å². The van der Waals surface area contributed by atoms with Gasteiger partial charge in [-0.3, -0.25) is 0 Å². The summed E-state index contributed by atoms with van der Waals surface area (Å²) in [5, 5.41) is -0.101. The van der Waals surface area contributed by atoms with Crippen LogP contribution in [-0.4, -0.2) is 36.4 Å². The zero-order valence-corrected chi connectivity index (χ0v) is 9.73. The minimum Gasteiger partial charge on any atom is -0.212 e. The van der Waals surface area contributed by atoms with Gasteiger partial charge in [-0.05, 0) is 19.3 Å². The predicted octanol–water partition coefficient (Wildman–Crippen LogP) is 1.57. The van der Waals surface area contributed by atoms with Gasteiger partial charge in [-0.15, -0.1) is 11.6 Å². The molecule has 1 aliphatic carbocycles. The molecule has 1 unspecified atom stereocenters. The number of hydrogen-bond donors (Lipinski definition) is 0.